The number of nitrogens with zero attached hydrogens (tertiary/aromatic N) is 1. The number of rotatable bonds is 4. The molecule has 0 spiro atoms. The van der Waals surface area contributed by atoms with Gasteiger partial charge in [-0.25, -0.2) is 13.1 Å². The lowest BCUT2D eigenvalue weighted by Gasteiger charge is -2.11. The summed E-state index contributed by atoms with van der Waals surface area (Å²) >= 11 is 5.84. The number of sulfonamides is 1. The van der Waals surface area contributed by atoms with Crippen molar-refractivity contribution in [2.75, 3.05) is 5.73 Å². The minimum Gasteiger partial charge on any atom is -0.398 e. The second-order valence-electron chi connectivity index (χ2n) is 4.05. The number of hydrogen-bond donors (Lipinski definition) is 3. The van der Waals surface area contributed by atoms with E-state index in [0.717, 1.165) is 5.56 Å². The van der Waals surface area contributed by atoms with Crippen LogP contribution in [0.5, 0.6) is 0 Å². The van der Waals surface area contributed by atoms with Crippen molar-refractivity contribution in [2.24, 2.45) is 0 Å². The van der Waals surface area contributed by atoms with Gasteiger partial charge in [-0.3, -0.25) is 5.10 Å². The smallest absolute Gasteiger partial charge is 0.241 e. The number of benzene rings is 1. The highest BCUT2D eigenvalue weighted by Gasteiger charge is 2.19. The van der Waals surface area contributed by atoms with Gasteiger partial charge in [0.05, 0.1) is 11.1 Å². The van der Waals surface area contributed by atoms with Crippen molar-refractivity contribution in [2.45, 2.75) is 18.4 Å². The zero-order chi connectivity index (χ0) is 14.0. The molecule has 2 rings (SSSR count). The standard InChI is InChI=1S/C11H13ClN4O2S/c1-7-10(13)2-9(12)3-11(7)19(17,18)16-6-8-4-14-15-5-8/h2-5,16H,6,13H2,1H3,(H,14,15). The van der Waals surface area contributed by atoms with Crippen LogP contribution in [-0.2, 0) is 16.6 Å². The van der Waals surface area contributed by atoms with Crippen LogP contribution >= 0.6 is 11.6 Å². The number of nitrogens with one attached hydrogen (secondary N) is 2. The maximum atomic E-state index is 12.2. The number of hydrogen-bond acceptors (Lipinski definition) is 4. The molecule has 6 nitrogen and oxygen atoms in total. The largest absolute Gasteiger partial charge is 0.398 e. The first-order chi connectivity index (χ1) is 8.90. The van der Waals surface area contributed by atoms with E-state index in [1.807, 2.05) is 0 Å². The highest BCUT2D eigenvalue weighted by atomic mass is 35.5. The molecule has 0 aliphatic carbocycles. The van der Waals surface area contributed by atoms with Gasteiger partial charge in [0.2, 0.25) is 10.0 Å². The van der Waals surface area contributed by atoms with Gasteiger partial charge in [0, 0.05) is 29.0 Å². The maximum absolute atomic E-state index is 12.2. The predicted octanol–water partition coefficient (Wildman–Crippen LogP) is 1.43. The lowest BCUT2D eigenvalue weighted by molar-refractivity contribution is 0.581. The summed E-state index contributed by atoms with van der Waals surface area (Å²) in [6.45, 7) is 1.78. The second-order valence-corrected chi connectivity index (χ2v) is 6.22. The molecule has 4 N–H and O–H groups in total. The van der Waals surface area contributed by atoms with Crippen LogP contribution in [0.25, 0.3) is 0 Å². The summed E-state index contributed by atoms with van der Waals surface area (Å²) in [5, 5.41) is 6.63. The Bertz CT molecular complexity index is 683. The molecule has 0 aliphatic rings. The lowest BCUT2D eigenvalue weighted by Crippen LogP contribution is -2.24. The summed E-state index contributed by atoms with van der Waals surface area (Å²) in [6, 6.07) is 2.90. The number of anilines is 1. The van der Waals surface area contributed by atoms with Crippen LogP contribution in [0.1, 0.15) is 11.1 Å². The van der Waals surface area contributed by atoms with Crippen molar-refractivity contribution < 1.29 is 8.42 Å². The molecule has 0 radical (unpaired) electrons. The zero-order valence-corrected chi connectivity index (χ0v) is 11.7. The Morgan fingerprint density at radius 3 is 2.84 bits per heavy atom. The first-order valence-electron chi connectivity index (χ1n) is 5.43. The summed E-state index contributed by atoms with van der Waals surface area (Å²) in [7, 11) is -3.67. The van der Waals surface area contributed by atoms with E-state index >= 15 is 0 Å². The summed E-state index contributed by atoms with van der Waals surface area (Å²) < 4.78 is 26.9. The van der Waals surface area contributed by atoms with Gasteiger partial charge in [0.1, 0.15) is 0 Å². The predicted molar refractivity (Wildman–Crippen MR) is 73.2 cm³/mol. The van der Waals surface area contributed by atoms with Gasteiger partial charge >= 0.3 is 0 Å². The van der Waals surface area contributed by atoms with Crippen molar-refractivity contribution in [3.8, 4) is 0 Å². The molecule has 1 heterocycles. The Balaban J connectivity index is 2.29. The Kier molecular flexibility index (Phi) is 3.79. The summed E-state index contributed by atoms with van der Waals surface area (Å²) in [5.74, 6) is 0. The molecule has 1 aromatic heterocycles. The number of aromatic nitrogens is 2. The molecule has 0 saturated heterocycles. The van der Waals surface area contributed by atoms with Gasteiger partial charge in [0.15, 0.2) is 0 Å². The number of nitrogens with two attached hydrogens (primary N) is 1. The van der Waals surface area contributed by atoms with E-state index in [1.54, 1.807) is 19.3 Å². The van der Waals surface area contributed by atoms with Crippen LogP contribution in [0.4, 0.5) is 5.69 Å². The molecule has 0 amide bonds. The highest BCUT2D eigenvalue weighted by molar-refractivity contribution is 7.89. The van der Waals surface area contributed by atoms with E-state index in [9.17, 15) is 8.42 Å². The first-order valence-corrected chi connectivity index (χ1v) is 7.29. The Morgan fingerprint density at radius 2 is 2.21 bits per heavy atom. The number of aromatic amines is 1. The molecule has 2 aromatic rings. The van der Waals surface area contributed by atoms with Crippen molar-refractivity contribution in [1.29, 1.82) is 0 Å². The first kappa shape index (κ1) is 13.9. The average molecular weight is 301 g/mol. The van der Waals surface area contributed by atoms with E-state index in [0.29, 0.717) is 11.3 Å². The fourth-order valence-electron chi connectivity index (χ4n) is 1.58. The molecule has 19 heavy (non-hydrogen) atoms. The number of H-pyrrole nitrogens is 1. The summed E-state index contributed by atoms with van der Waals surface area (Å²) in [4.78, 5) is 0.0843. The normalized spacial score (nSPS) is 11.7. The molecule has 0 fully saturated rings. The molecule has 102 valence electrons. The summed E-state index contributed by atoms with van der Waals surface area (Å²) in [5.41, 5.74) is 7.27. The molecule has 0 unspecified atom stereocenters. The van der Waals surface area contributed by atoms with Gasteiger partial charge in [-0.1, -0.05) is 11.6 Å². The van der Waals surface area contributed by atoms with Crippen molar-refractivity contribution in [1.82, 2.24) is 14.9 Å². The fraction of sp³-hybridized carbons (Fsp3) is 0.182. The van der Waals surface area contributed by atoms with Gasteiger partial charge in [-0.2, -0.15) is 5.10 Å². The van der Waals surface area contributed by atoms with Crippen LogP contribution in [-0.4, -0.2) is 18.6 Å². The maximum Gasteiger partial charge on any atom is 0.241 e. The van der Waals surface area contributed by atoms with Crippen LogP contribution in [0.15, 0.2) is 29.4 Å². The van der Waals surface area contributed by atoms with Gasteiger partial charge < -0.3 is 5.73 Å². The highest BCUT2D eigenvalue weighted by Crippen LogP contribution is 2.25. The van der Waals surface area contributed by atoms with Crippen LogP contribution < -0.4 is 10.5 Å². The Hall–Kier alpha value is -1.57. The molecule has 8 heteroatoms. The molecular formula is C11H13ClN4O2S. The van der Waals surface area contributed by atoms with E-state index in [1.165, 1.54) is 12.1 Å². The molecule has 0 aliphatic heterocycles. The average Bonchev–Trinajstić information content (AvgIpc) is 2.84. The van der Waals surface area contributed by atoms with Crippen LogP contribution in [0.3, 0.4) is 0 Å². The molecule has 0 bridgehead atoms. The quantitative estimate of drug-likeness (QED) is 0.744. The van der Waals surface area contributed by atoms with Gasteiger partial charge in [-0.05, 0) is 24.6 Å². The zero-order valence-electron chi connectivity index (χ0n) is 10.1. The van der Waals surface area contributed by atoms with E-state index in [4.69, 9.17) is 17.3 Å². The van der Waals surface area contributed by atoms with Crippen molar-refractivity contribution in [3.05, 3.63) is 40.7 Å². The van der Waals surface area contributed by atoms with E-state index < -0.39 is 10.0 Å². The minimum absolute atomic E-state index is 0.0843. The minimum atomic E-state index is -3.67. The van der Waals surface area contributed by atoms with Crippen molar-refractivity contribution in [3.63, 3.8) is 0 Å². The molecule has 1 aromatic carbocycles. The van der Waals surface area contributed by atoms with Crippen molar-refractivity contribution >= 4 is 27.3 Å². The molecular weight excluding hydrogens is 288 g/mol. The molecule has 0 atom stereocenters. The third-order valence-corrected chi connectivity index (χ3v) is 4.42. The SMILES string of the molecule is Cc1c(N)cc(Cl)cc1S(=O)(=O)NCc1cn[nH]c1. The monoisotopic (exact) mass is 300 g/mol. The van der Waals surface area contributed by atoms with E-state index in [-0.39, 0.29) is 16.5 Å². The Labute approximate surface area is 116 Å². The topological polar surface area (TPSA) is 101 Å². The number of nitrogen functional groups attached to an aromatic ring is 1. The second kappa shape index (κ2) is 5.20. The third kappa shape index (κ3) is 3.06. The van der Waals surface area contributed by atoms with Gasteiger partial charge in [-0.15, -0.1) is 0 Å². The lowest BCUT2D eigenvalue weighted by atomic mass is 10.2. The summed E-state index contributed by atoms with van der Waals surface area (Å²) in [6.07, 6.45) is 3.16. The Morgan fingerprint density at radius 1 is 1.47 bits per heavy atom. The third-order valence-electron chi connectivity index (χ3n) is 2.68. The number of halogens is 1. The molecule has 0 saturated carbocycles. The fourth-order valence-corrected chi connectivity index (χ4v) is 3.19. The van der Waals surface area contributed by atoms with Crippen LogP contribution in [0.2, 0.25) is 5.02 Å². The van der Waals surface area contributed by atoms with E-state index in [2.05, 4.69) is 14.9 Å². The van der Waals surface area contributed by atoms with Crippen LogP contribution in [0, 0.1) is 6.92 Å². The van der Waals surface area contributed by atoms with Gasteiger partial charge in [0.25, 0.3) is 0 Å².